The highest BCUT2D eigenvalue weighted by molar-refractivity contribution is 9.10. The number of piperazine rings is 1. The van der Waals surface area contributed by atoms with Crippen LogP contribution in [0.25, 0.3) is 0 Å². The minimum atomic E-state index is -0.218. The fourth-order valence-electron chi connectivity index (χ4n) is 3.04. The Morgan fingerprint density at radius 2 is 1.47 bits per heavy atom. The molecular formula is C36H66BrN5O3. The molecule has 260 valence electrons. The number of allylic oxidation sites excluding steroid dienone is 2. The molecule has 2 N–H and O–H groups in total. The van der Waals surface area contributed by atoms with E-state index < -0.39 is 0 Å². The van der Waals surface area contributed by atoms with Gasteiger partial charge in [-0.05, 0) is 19.1 Å². The van der Waals surface area contributed by atoms with Crippen LogP contribution in [0.5, 0.6) is 0 Å². The van der Waals surface area contributed by atoms with Crippen molar-refractivity contribution in [3.63, 3.8) is 0 Å². The maximum atomic E-state index is 11.7. The highest BCUT2D eigenvalue weighted by Gasteiger charge is 2.14. The second-order valence-corrected chi connectivity index (χ2v) is 9.04. The number of rotatable bonds is 10. The van der Waals surface area contributed by atoms with Crippen LogP contribution in [0.2, 0.25) is 0 Å². The standard InChI is InChI=1S/C14H19BrN4O.C11H15NO2.C3H8.4C2H6/c15-13-2-1-3-14(16)12(13)10-17-4-5-18-6-8-19(11-20)9-7-18;1-5-9(8-13)10(6-2)11(14)12(4)7-3;1-3-2;4*1-2/h1-3,10-11H,4-9,16H2;5-6,8H,1-2,7H2,3-4H3;3H2,1-2H3;4*1-2H3/b;10-9-;;;;;. The Morgan fingerprint density at radius 1 is 0.956 bits per heavy atom. The third kappa shape index (κ3) is 24.9. The zero-order valence-corrected chi connectivity index (χ0v) is 32.2. The second-order valence-electron chi connectivity index (χ2n) is 8.18. The van der Waals surface area contributed by atoms with Crippen molar-refractivity contribution >= 4 is 46.4 Å². The average molecular weight is 697 g/mol. The smallest absolute Gasteiger partial charge is 0.254 e. The van der Waals surface area contributed by atoms with Crippen LogP contribution in [0.4, 0.5) is 5.69 Å². The minimum absolute atomic E-state index is 0.218. The molecule has 2 amide bonds. The van der Waals surface area contributed by atoms with Gasteiger partial charge in [0.05, 0.1) is 6.54 Å². The molecule has 1 aromatic rings. The van der Waals surface area contributed by atoms with Crippen LogP contribution in [0.15, 0.2) is 64.1 Å². The quantitative estimate of drug-likeness (QED) is 0.0877. The molecule has 1 heterocycles. The number of nitrogens with two attached hydrogens (primary N) is 1. The molecule has 0 spiro atoms. The van der Waals surface area contributed by atoms with Crippen LogP contribution in [-0.4, -0.2) is 92.4 Å². The number of aliphatic imine (C=N–C) groups is 1. The number of nitrogens with zero attached hydrogens (tertiary/aromatic N) is 4. The van der Waals surface area contributed by atoms with Crippen molar-refractivity contribution in [2.75, 3.05) is 58.6 Å². The number of aldehydes is 1. The molecule has 1 aromatic carbocycles. The van der Waals surface area contributed by atoms with Crippen molar-refractivity contribution in [3.8, 4) is 0 Å². The predicted molar refractivity (Wildman–Crippen MR) is 203 cm³/mol. The van der Waals surface area contributed by atoms with E-state index in [2.05, 4.69) is 52.8 Å². The molecule has 0 bridgehead atoms. The molecule has 45 heavy (non-hydrogen) atoms. The third-order valence-electron chi connectivity index (χ3n) is 5.32. The summed E-state index contributed by atoms with van der Waals surface area (Å²) in [6, 6.07) is 5.73. The van der Waals surface area contributed by atoms with E-state index in [1.165, 1.54) is 23.5 Å². The summed E-state index contributed by atoms with van der Waals surface area (Å²) >= 11 is 3.47. The Hall–Kier alpha value is -3.04. The Balaban J connectivity index is -0.000000187. The lowest BCUT2D eigenvalue weighted by Crippen LogP contribution is -2.46. The average Bonchev–Trinajstić information content (AvgIpc) is 3.10. The SMILES string of the molecule is C=C/C(C=O)=C(\C=C)C(=O)N(C)CC.CC.CC.CC.CC.CCC.Nc1cccc(Br)c1C=NCCN1CCN(C=O)CC1. The van der Waals surface area contributed by atoms with E-state index in [-0.39, 0.29) is 11.5 Å². The molecule has 8 nitrogen and oxygen atoms in total. The Morgan fingerprint density at radius 3 is 1.84 bits per heavy atom. The number of benzene rings is 1. The van der Waals surface area contributed by atoms with E-state index in [1.54, 1.807) is 7.05 Å². The molecule has 0 unspecified atom stereocenters. The number of anilines is 1. The Labute approximate surface area is 285 Å². The van der Waals surface area contributed by atoms with Gasteiger partial charge in [0.15, 0.2) is 6.29 Å². The van der Waals surface area contributed by atoms with Crippen LogP contribution in [0.1, 0.15) is 88.1 Å². The van der Waals surface area contributed by atoms with Gasteiger partial charge in [-0.25, -0.2) is 0 Å². The number of carbonyl (C=O) groups is 3. The maximum Gasteiger partial charge on any atom is 0.254 e. The molecule has 0 aromatic heterocycles. The number of hydrogen-bond acceptors (Lipinski definition) is 6. The van der Waals surface area contributed by atoms with Crippen molar-refractivity contribution in [1.82, 2.24) is 14.7 Å². The van der Waals surface area contributed by atoms with Gasteiger partial charge in [0, 0.05) is 79.4 Å². The van der Waals surface area contributed by atoms with Crippen molar-refractivity contribution in [3.05, 3.63) is 64.7 Å². The summed E-state index contributed by atoms with van der Waals surface area (Å²) < 4.78 is 0.959. The second kappa shape index (κ2) is 39.0. The molecule has 0 saturated carbocycles. The van der Waals surface area contributed by atoms with Gasteiger partial charge in [0.25, 0.3) is 5.91 Å². The summed E-state index contributed by atoms with van der Waals surface area (Å²) in [6.45, 7) is 34.8. The first-order valence-electron chi connectivity index (χ1n) is 16.4. The number of nitrogen functional groups attached to an aromatic ring is 1. The summed E-state index contributed by atoms with van der Waals surface area (Å²) in [4.78, 5) is 42.9. The van der Waals surface area contributed by atoms with Gasteiger partial charge in [0.2, 0.25) is 6.41 Å². The lowest BCUT2D eigenvalue weighted by Gasteiger charge is -2.31. The molecule has 0 radical (unpaired) electrons. The first-order chi connectivity index (χ1) is 21.7. The van der Waals surface area contributed by atoms with Gasteiger partial charge in [-0.15, -0.1) is 0 Å². The highest BCUT2D eigenvalue weighted by Crippen LogP contribution is 2.20. The van der Waals surface area contributed by atoms with E-state index in [9.17, 15) is 14.4 Å². The first-order valence-corrected chi connectivity index (χ1v) is 17.2. The van der Waals surface area contributed by atoms with Gasteiger partial charge in [0.1, 0.15) is 0 Å². The van der Waals surface area contributed by atoms with Crippen LogP contribution < -0.4 is 5.73 Å². The summed E-state index contributed by atoms with van der Waals surface area (Å²) in [5.74, 6) is -0.218. The molecule has 1 saturated heterocycles. The van der Waals surface area contributed by atoms with Crippen LogP contribution in [0.3, 0.4) is 0 Å². The van der Waals surface area contributed by atoms with Crippen molar-refractivity contribution in [2.45, 2.75) is 82.6 Å². The van der Waals surface area contributed by atoms with Gasteiger partial charge in [-0.1, -0.05) is 123 Å². The number of likely N-dealkylation sites (N-methyl/N-ethyl adjacent to an activating group) is 1. The number of carbonyl (C=O) groups excluding carboxylic acids is 3. The first kappa shape index (κ1) is 51.5. The minimum Gasteiger partial charge on any atom is -0.398 e. The summed E-state index contributed by atoms with van der Waals surface area (Å²) in [5.41, 5.74) is 8.12. The van der Waals surface area contributed by atoms with Crippen molar-refractivity contribution < 1.29 is 14.4 Å². The molecule has 1 aliphatic heterocycles. The van der Waals surface area contributed by atoms with Gasteiger partial charge in [-0.3, -0.25) is 24.3 Å². The number of hydrogen-bond donors (Lipinski definition) is 1. The Kier molecular flexibility index (Phi) is 44.6. The largest absolute Gasteiger partial charge is 0.398 e. The highest BCUT2D eigenvalue weighted by atomic mass is 79.9. The maximum absolute atomic E-state index is 11.7. The van der Waals surface area contributed by atoms with Crippen LogP contribution >= 0.6 is 15.9 Å². The van der Waals surface area contributed by atoms with E-state index >= 15 is 0 Å². The molecule has 1 aliphatic rings. The fourth-order valence-corrected chi connectivity index (χ4v) is 3.52. The van der Waals surface area contributed by atoms with Gasteiger partial charge in [-0.2, -0.15) is 0 Å². The van der Waals surface area contributed by atoms with Crippen LogP contribution in [-0.2, 0) is 14.4 Å². The zero-order chi connectivity index (χ0) is 36.2. The number of halogens is 1. The fraction of sp³-hybridized carbons (Fsp3) is 0.556. The molecule has 1 fully saturated rings. The summed E-state index contributed by atoms with van der Waals surface area (Å²) in [5, 5.41) is 0. The monoisotopic (exact) mass is 695 g/mol. The Bertz CT molecular complexity index is 910. The molecule has 9 heteroatoms. The van der Waals surface area contributed by atoms with E-state index in [1.807, 2.05) is 91.6 Å². The van der Waals surface area contributed by atoms with Gasteiger partial charge < -0.3 is 15.5 Å². The van der Waals surface area contributed by atoms with Gasteiger partial charge >= 0.3 is 0 Å². The predicted octanol–water partition coefficient (Wildman–Crippen LogP) is 8.08. The van der Waals surface area contributed by atoms with E-state index in [4.69, 9.17) is 5.73 Å². The summed E-state index contributed by atoms with van der Waals surface area (Å²) in [6.07, 6.45) is 7.32. The molecule has 0 atom stereocenters. The van der Waals surface area contributed by atoms with E-state index in [0.29, 0.717) is 18.4 Å². The summed E-state index contributed by atoms with van der Waals surface area (Å²) in [7, 11) is 1.66. The molecule has 0 aliphatic carbocycles. The topological polar surface area (TPSA) is 99.3 Å². The van der Waals surface area contributed by atoms with Crippen molar-refractivity contribution in [1.29, 1.82) is 0 Å². The molecular weight excluding hydrogens is 630 g/mol. The lowest BCUT2D eigenvalue weighted by atomic mass is 10.1. The zero-order valence-electron chi connectivity index (χ0n) is 30.7. The number of amides is 2. The normalized spacial score (nSPS) is 11.9. The van der Waals surface area contributed by atoms with Crippen LogP contribution in [0, 0.1) is 0 Å². The lowest BCUT2D eigenvalue weighted by molar-refractivity contribution is -0.125. The third-order valence-corrected chi connectivity index (χ3v) is 6.01. The van der Waals surface area contributed by atoms with E-state index in [0.717, 1.165) is 61.4 Å². The molecule has 2 rings (SSSR count). The van der Waals surface area contributed by atoms with Crippen molar-refractivity contribution in [2.24, 2.45) is 4.99 Å².